The van der Waals surface area contributed by atoms with E-state index in [9.17, 15) is 38.9 Å². The van der Waals surface area contributed by atoms with Gasteiger partial charge in [-0.25, -0.2) is 4.39 Å². The molecule has 8 rings (SSSR count). The number of carbonyl (C=O) groups excluding carboxylic acids is 4. The molecule has 4 saturated carbocycles. The predicted molar refractivity (Wildman–Crippen MR) is 240 cm³/mol. The number of aliphatic hydroxyl groups is 3. The largest absolute Gasteiger partial charge is 0.461 e. The number of hydrogen-bond acceptors (Lipinski definition) is 8. The SMILES string of the molecule is C[C@H](CCC(=O)N(C)CC(=O)OC1CCN(C(=O)[C@H](Cc2ccc(F)cc2)NC(=O)c2cc3cc(Cl)ccc3[nH]2)CC1)[C@H]1CCC2C3C(C[C@H](O)[C@@]21C)[C@@]1(C)CC[C@@H](O)C[C@H]1C[C@H]3O. The smallest absolute Gasteiger partial charge is 0.325 e. The fraction of sp³-hybridized carbons (Fsp3) is 0.640. The van der Waals surface area contributed by atoms with E-state index in [0.29, 0.717) is 55.8 Å². The van der Waals surface area contributed by atoms with Gasteiger partial charge in [-0.1, -0.05) is 44.5 Å². The summed E-state index contributed by atoms with van der Waals surface area (Å²) in [6.07, 6.45) is 5.84. The lowest BCUT2D eigenvalue weighted by atomic mass is 9.43. The standard InChI is InChI=1S/C50H66ClFN4O8/c1-28(36-11-12-37-46-38(26-43(59)50(36,37)3)49(2)18-15-34(57)24-31(49)25-42(46)58)5-14-44(60)55(4)27-45(61)64-35-16-19-56(20-17-35)48(63)41(21-29-6-9-33(52)10-7-29)54-47(62)40-23-30-22-32(51)8-13-39(30)53-40/h6-10,13,22-23,28,31,34-38,41-43,46,53,57-59H,5,11-12,14-21,24-27H2,1-4H3,(H,54,62)/t28-,31+,34-,36-,37?,38?,41+,42-,43+,46?,49+,50-/m1/s1. The Balaban J connectivity index is 0.809. The minimum Gasteiger partial charge on any atom is -0.461 e. The second-order valence-corrected chi connectivity index (χ2v) is 21.0. The van der Waals surface area contributed by atoms with Crippen molar-refractivity contribution < 1.29 is 43.6 Å². The van der Waals surface area contributed by atoms with Gasteiger partial charge in [0.2, 0.25) is 11.8 Å². The van der Waals surface area contributed by atoms with Crippen molar-refractivity contribution in [2.45, 2.75) is 128 Å². The minimum atomic E-state index is -0.943. The van der Waals surface area contributed by atoms with Crippen molar-refractivity contribution in [3.05, 3.63) is 70.6 Å². The topological polar surface area (TPSA) is 172 Å². The molecule has 3 unspecified atom stereocenters. The van der Waals surface area contributed by atoms with Crippen LogP contribution in [-0.4, -0.2) is 111 Å². The molecular weight excluding hydrogens is 839 g/mol. The van der Waals surface area contributed by atoms with Gasteiger partial charge in [0.05, 0.1) is 18.3 Å². The van der Waals surface area contributed by atoms with Gasteiger partial charge in [-0.3, -0.25) is 19.2 Å². The zero-order chi connectivity index (χ0) is 45.7. The molecule has 0 spiro atoms. The number of piperidine rings is 1. The van der Waals surface area contributed by atoms with Crippen LogP contribution < -0.4 is 5.32 Å². The van der Waals surface area contributed by atoms with Crippen LogP contribution in [0.25, 0.3) is 10.9 Å². The number of nitrogens with one attached hydrogen (secondary N) is 2. The molecule has 0 radical (unpaired) electrons. The lowest BCUT2D eigenvalue weighted by molar-refractivity contribution is -0.207. The number of ether oxygens (including phenoxy) is 1. The summed E-state index contributed by atoms with van der Waals surface area (Å²) in [6, 6.07) is 11.8. The fourth-order valence-corrected chi connectivity index (χ4v) is 13.5. The Labute approximate surface area is 380 Å². The molecular formula is C50H66ClFN4O8. The Bertz CT molecular complexity index is 2200. The molecule has 5 fully saturated rings. The van der Waals surface area contributed by atoms with E-state index in [-0.39, 0.29) is 89.3 Å². The highest BCUT2D eigenvalue weighted by atomic mass is 35.5. The van der Waals surface area contributed by atoms with Crippen LogP contribution in [0, 0.1) is 52.2 Å². The Morgan fingerprint density at radius 2 is 1.70 bits per heavy atom. The van der Waals surface area contributed by atoms with Crippen LogP contribution in [0.15, 0.2) is 48.5 Å². The number of benzene rings is 2. The van der Waals surface area contributed by atoms with E-state index in [1.54, 1.807) is 48.3 Å². The van der Waals surface area contributed by atoms with E-state index in [1.807, 2.05) is 0 Å². The third-order valence-electron chi connectivity index (χ3n) is 17.0. The summed E-state index contributed by atoms with van der Waals surface area (Å²) in [5.41, 5.74) is 1.33. The quantitative estimate of drug-likeness (QED) is 0.126. The lowest BCUT2D eigenvalue weighted by Crippen LogP contribution is -2.62. The maximum absolute atomic E-state index is 14.0. The molecule has 348 valence electrons. The number of likely N-dealkylation sites (N-methyl/N-ethyl adjacent to an activating group) is 1. The molecule has 0 bridgehead atoms. The maximum atomic E-state index is 14.0. The molecule has 12 nitrogen and oxygen atoms in total. The van der Waals surface area contributed by atoms with E-state index in [4.69, 9.17) is 16.3 Å². The molecule has 12 atom stereocenters. The molecule has 5 aliphatic rings. The van der Waals surface area contributed by atoms with Gasteiger partial charge in [0.15, 0.2) is 0 Å². The number of rotatable bonds is 12. The second kappa shape index (κ2) is 18.7. The van der Waals surface area contributed by atoms with Gasteiger partial charge in [0.25, 0.3) is 5.91 Å². The van der Waals surface area contributed by atoms with Crippen LogP contribution in [0.5, 0.6) is 0 Å². The zero-order valence-electron chi connectivity index (χ0n) is 37.6. The predicted octanol–water partition coefficient (Wildman–Crippen LogP) is 6.67. The summed E-state index contributed by atoms with van der Waals surface area (Å²) < 4.78 is 19.5. The van der Waals surface area contributed by atoms with Crippen LogP contribution in [-0.2, 0) is 25.5 Å². The number of likely N-dealkylation sites (tertiary alicyclic amines) is 1. The van der Waals surface area contributed by atoms with Crippen molar-refractivity contribution in [1.82, 2.24) is 20.1 Å². The molecule has 14 heteroatoms. The molecule has 1 saturated heterocycles. The van der Waals surface area contributed by atoms with Crippen molar-refractivity contribution in [2.75, 3.05) is 26.7 Å². The summed E-state index contributed by atoms with van der Waals surface area (Å²) in [4.78, 5) is 60.1. The number of amides is 3. The maximum Gasteiger partial charge on any atom is 0.325 e. The number of esters is 1. The zero-order valence-corrected chi connectivity index (χ0v) is 38.4. The van der Waals surface area contributed by atoms with Gasteiger partial charge in [-0.05, 0) is 140 Å². The van der Waals surface area contributed by atoms with E-state index < -0.39 is 42.0 Å². The van der Waals surface area contributed by atoms with Crippen molar-refractivity contribution in [1.29, 1.82) is 0 Å². The summed E-state index contributed by atoms with van der Waals surface area (Å²) in [5, 5.41) is 38.2. The van der Waals surface area contributed by atoms with Crippen molar-refractivity contribution >= 4 is 46.2 Å². The van der Waals surface area contributed by atoms with Crippen molar-refractivity contribution in [3.63, 3.8) is 0 Å². The average Bonchev–Trinajstić information content (AvgIpc) is 3.85. The lowest BCUT2D eigenvalue weighted by Gasteiger charge is -2.63. The second-order valence-electron chi connectivity index (χ2n) is 20.6. The van der Waals surface area contributed by atoms with Crippen LogP contribution in [0.2, 0.25) is 5.02 Å². The van der Waals surface area contributed by atoms with Crippen LogP contribution >= 0.6 is 11.6 Å². The molecule has 64 heavy (non-hydrogen) atoms. The molecule has 3 aromatic rings. The number of aromatic nitrogens is 1. The van der Waals surface area contributed by atoms with Gasteiger partial charge < -0.3 is 40.2 Å². The first-order valence-electron chi connectivity index (χ1n) is 23.5. The third kappa shape index (κ3) is 9.20. The van der Waals surface area contributed by atoms with E-state index in [1.165, 1.54) is 17.0 Å². The number of halogens is 2. The van der Waals surface area contributed by atoms with Crippen LogP contribution in [0.3, 0.4) is 0 Å². The highest BCUT2D eigenvalue weighted by Crippen LogP contribution is 2.68. The molecule has 4 aliphatic carbocycles. The summed E-state index contributed by atoms with van der Waals surface area (Å²) in [6.45, 7) is 7.13. The summed E-state index contributed by atoms with van der Waals surface area (Å²) >= 11 is 6.14. The van der Waals surface area contributed by atoms with Gasteiger partial charge in [0, 0.05) is 61.7 Å². The van der Waals surface area contributed by atoms with Crippen LogP contribution in [0.1, 0.15) is 107 Å². The fourth-order valence-electron chi connectivity index (χ4n) is 13.3. The monoisotopic (exact) mass is 904 g/mol. The Kier molecular flexibility index (Phi) is 13.6. The summed E-state index contributed by atoms with van der Waals surface area (Å²) in [7, 11) is 1.61. The molecule has 2 aromatic carbocycles. The first-order chi connectivity index (χ1) is 30.4. The molecule has 1 aliphatic heterocycles. The molecule has 2 heterocycles. The first kappa shape index (κ1) is 46.5. The molecule has 1 aromatic heterocycles. The Morgan fingerprint density at radius 3 is 2.44 bits per heavy atom. The van der Waals surface area contributed by atoms with Gasteiger partial charge in [-0.2, -0.15) is 0 Å². The Hall–Kier alpha value is -4.04. The highest BCUT2D eigenvalue weighted by Gasteiger charge is 2.65. The number of aromatic amines is 1. The van der Waals surface area contributed by atoms with Gasteiger partial charge in [0.1, 0.15) is 30.2 Å². The normalized spacial score (nSPS) is 32.5. The number of fused-ring (bicyclic) bond motifs is 6. The van der Waals surface area contributed by atoms with Crippen molar-refractivity contribution in [3.8, 4) is 0 Å². The Morgan fingerprint density at radius 1 is 0.969 bits per heavy atom. The van der Waals surface area contributed by atoms with E-state index in [0.717, 1.165) is 43.0 Å². The van der Waals surface area contributed by atoms with E-state index in [2.05, 4.69) is 31.1 Å². The van der Waals surface area contributed by atoms with Crippen LogP contribution in [0.4, 0.5) is 4.39 Å². The number of H-pyrrole nitrogens is 1. The first-order valence-corrected chi connectivity index (χ1v) is 23.9. The van der Waals surface area contributed by atoms with E-state index >= 15 is 0 Å². The number of aliphatic hydroxyl groups excluding tert-OH is 3. The molecule has 3 amide bonds. The number of carbonyl (C=O) groups is 4. The minimum absolute atomic E-state index is 0.0113. The van der Waals surface area contributed by atoms with Crippen molar-refractivity contribution in [2.24, 2.45) is 46.3 Å². The third-order valence-corrected chi connectivity index (χ3v) is 17.2. The average molecular weight is 906 g/mol. The van der Waals surface area contributed by atoms with Gasteiger partial charge >= 0.3 is 5.97 Å². The van der Waals surface area contributed by atoms with Gasteiger partial charge in [-0.15, -0.1) is 0 Å². The number of nitrogens with zero attached hydrogens (tertiary/aromatic N) is 2. The number of hydrogen-bond donors (Lipinski definition) is 5. The highest BCUT2D eigenvalue weighted by molar-refractivity contribution is 6.31. The molecule has 5 N–H and O–H groups in total. The summed E-state index contributed by atoms with van der Waals surface area (Å²) in [5.74, 6) is -0.663.